The second kappa shape index (κ2) is 6.59. The fourth-order valence-corrected chi connectivity index (χ4v) is 4.41. The van der Waals surface area contributed by atoms with Crippen LogP contribution in [0.3, 0.4) is 0 Å². The molecule has 0 fully saturated rings. The first kappa shape index (κ1) is 15.2. The summed E-state index contributed by atoms with van der Waals surface area (Å²) in [5, 5.41) is 0. The van der Waals surface area contributed by atoms with Crippen LogP contribution in [0.1, 0.15) is 0 Å². The van der Waals surface area contributed by atoms with E-state index in [9.17, 15) is 4.21 Å². The molecule has 0 saturated carbocycles. The molecule has 3 aromatic carbocycles. The van der Waals surface area contributed by atoms with Gasteiger partial charge < -0.3 is 0 Å². The Bertz CT molecular complexity index is 828. The van der Waals surface area contributed by atoms with Gasteiger partial charge in [-0.05, 0) is 50.3 Å². The molecular formula is C19H15BrOS. The van der Waals surface area contributed by atoms with Crippen molar-refractivity contribution in [3.63, 3.8) is 0 Å². The predicted octanol–water partition coefficient (Wildman–Crippen LogP) is 5.52. The zero-order valence-corrected chi connectivity index (χ0v) is 14.5. The monoisotopic (exact) mass is 370 g/mol. The van der Waals surface area contributed by atoms with Crippen molar-refractivity contribution >= 4 is 26.7 Å². The molecule has 0 radical (unpaired) electrons. The van der Waals surface area contributed by atoms with Gasteiger partial charge in [-0.15, -0.1) is 0 Å². The third kappa shape index (κ3) is 3.06. The van der Waals surface area contributed by atoms with Gasteiger partial charge in [0, 0.05) is 10.7 Å². The number of rotatable bonds is 3. The molecule has 3 rings (SSSR count). The van der Waals surface area contributed by atoms with Crippen LogP contribution in [0.25, 0.3) is 22.3 Å². The highest BCUT2D eigenvalue weighted by Gasteiger charge is 2.12. The Morgan fingerprint density at radius 2 is 1.41 bits per heavy atom. The van der Waals surface area contributed by atoms with Crippen molar-refractivity contribution in [2.24, 2.45) is 0 Å². The Morgan fingerprint density at radius 3 is 2.14 bits per heavy atom. The van der Waals surface area contributed by atoms with Crippen LogP contribution in [0.4, 0.5) is 0 Å². The molecule has 0 aliphatic heterocycles. The number of hydrogen-bond donors (Lipinski definition) is 0. The molecule has 0 bridgehead atoms. The molecule has 0 aromatic heterocycles. The number of halogens is 1. The normalized spacial score (nSPS) is 12.1. The summed E-state index contributed by atoms with van der Waals surface area (Å²) in [7, 11) is -1.05. The summed E-state index contributed by atoms with van der Waals surface area (Å²) in [5.41, 5.74) is 4.42. The molecule has 0 saturated heterocycles. The lowest BCUT2D eigenvalue weighted by Gasteiger charge is -2.11. The van der Waals surface area contributed by atoms with Crippen molar-refractivity contribution in [3.05, 3.63) is 77.3 Å². The van der Waals surface area contributed by atoms with Crippen LogP contribution in [0.2, 0.25) is 0 Å². The smallest absolute Gasteiger partial charge is 0.0605 e. The Hall–Kier alpha value is -1.71. The van der Waals surface area contributed by atoms with Crippen molar-refractivity contribution < 1.29 is 4.21 Å². The quantitative estimate of drug-likeness (QED) is 0.592. The van der Waals surface area contributed by atoms with E-state index in [0.29, 0.717) is 0 Å². The maximum absolute atomic E-state index is 12.1. The summed E-state index contributed by atoms with van der Waals surface area (Å²) in [6, 6.07) is 24.6. The predicted molar refractivity (Wildman–Crippen MR) is 97.3 cm³/mol. The van der Waals surface area contributed by atoms with Gasteiger partial charge in [-0.1, -0.05) is 60.7 Å². The minimum atomic E-state index is -1.05. The van der Waals surface area contributed by atoms with Gasteiger partial charge in [0.25, 0.3) is 0 Å². The average molecular weight is 371 g/mol. The fraction of sp³-hybridized carbons (Fsp3) is 0.0526. The molecule has 0 aliphatic carbocycles. The molecule has 0 heterocycles. The molecule has 1 nitrogen and oxygen atoms in total. The van der Waals surface area contributed by atoms with Crippen LogP contribution in [-0.2, 0) is 10.8 Å². The van der Waals surface area contributed by atoms with E-state index in [-0.39, 0.29) is 0 Å². The first-order valence-electron chi connectivity index (χ1n) is 6.94. The summed E-state index contributed by atoms with van der Waals surface area (Å²) >= 11 is 3.52. The minimum absolute atomic E-state index is 0.840. The highest BCUT2D eigenvalue weighted by molar-refractivity contribution is 9.10. The topological polar surface area (TPSA) is 17.1 Å². The van der Waals surface area contributed by atoms with Crippen molar-refractivity contribution in [1.29, 1.82) is 0 Å². The van der Waals surface area contributed by atoms with E-state index in [1.165, 1.54) is 5.56 Å². The molecule has 0 N–H and O–H groups in total. The summed E-state index contributed by atoms with van der Waals surface area (Å²) < 4.78 is 13.0. The van der Waals surface area contributed by atoms with Gasteiger partial charge in [0.15, 0.2) is 0 Å². The Morgan fingerprint density at radius 1 is 0.773 bits per heavy atom. The van der Waals surface area contributed by atoms with E-state index in [1.807, 2.05) is 42.5 Å². The van der Waals surface area contributed by atoms with E-state index in [1.54, 1.807) is 6.26 Å². The van der Waals surface area contributed by atoms with Crippen LogP contribution >= 0.6 is 15.9 Å². The molecule has 110 valence electrons. The van der Waals surface area contributed by atoms with Gasteiger partial charge in [-0.2, -0.15) is 0 Å². The summed E-state index contributed by atoms with van der Waals surface area (Å²) in [5.74, 6) is 0. The van der Waals surface area contributed by atoms with Crippen molar-refractivity contribution in [3.8, 4) is 22.3 Å². The average Bonchev–Trinajstić information content (AvgIpc) is 2.55. The standard InChI is InChI=1S/C19H15BrOS/c1-22(21)19-17(11-6-12-18(19)20)16-10-5-9-15(13-16)14-7-3-2-4-8-14/h2-13H,1H3. The Balaban J connectivity index is 2.15. The second-order valence-electron chi connectivity index (χ2n) is 5.02. The van der Waals surface area contributed by atoms with Crippen LogP contribution in [0.5, 0.6) is 0 Å². The molecule has 3 heteroatoms. The van der Waals surface area contributed by atoms with E-state index < -0.39 is 10.8 Å². The Kier molecular flexibility index (Phi) is 4.55. The molecule has 0 aliphatic rings. The van der Waals surface area contributed by atoms with E-state index in [2.05, 4.69) is 46.3 Å². The van der Waals surface area contributed by atoms with Gasteiger partial charge in [0.05, 0.1) is 15.7 Å². The van der Waals surface area contributed by atoms with Crippen molar-refractivity contribution in [2.45, 2.75) is 4.90 Å². The second-order valence-corrected chi connectivity index (χ2v) is 7.19. The van der Waals surface area contributed by atoms with Crippen molar-refractivity contribution in [2.75, 3.05) is 6.26 Å². The zero-order chi connectivity index (χ0) is 15.5. The van der Waals surface area contributed by atoms with Crippen LogP contribution in [0, 0.1) is 0 Å². The van der Waals surface area contributed by atoms with Gasteiger partial charge in [0.1, 0.15) is 0 Å². The SMILES string of the molecule is CS(=O)c1c(Br)cccc1-c1cccc(-c2ccccc2)c1. The lowest BCUT2D eigenvalue weighted by Crippen LogP contribution is -1.94. The maximum Gasteiger partial charge on any atom is 0.0605 e. The molecule has 0 amide bonds. The lowest BCUT2D eigenvalue weighted by molar-refractivity contribution is 0.686. The third-order valence-corrected chi connectivity index (χ3v) is 5.47. The van der Waals surface area contributed by atoms with Gasteiger partial charge in [0.2, 0.25) is 0 Å². The maximum atomic E-state index is 12.1. The molecular weight excluding hydrogens is 356 g/mol. The Labute approximate surface area is 141 Å². The first-order valence-corrected chi connectivity index (χ1v) is 9.30. The fourth-order valence-electron chi connectivity index (χ4n) is 2.53. The van der Waals surface area contributed by atoms with E-state index in [0.717, 1.165) is 26.1 Å². The zero-order valence-electron chi connectivity index (χ0n) is 12.1. The molecule has 3 aromatic rings. The third-order valence-electron chi connectivity index (χ3n) is 3.54. The van der Waals surface area contributed by atoms with Crippen molar-refractivity contribution in [1.82, 2.24) is 0 Å². The minimum Gasteiger partial charge on any atom is -0.255 e. The molecule has 22 heavy (non-hydrogen) atoms. The molecule has 1 unspecified atom stereocenters. The van der Waals surface area contributed by atoms with Crippen LogP contribution in [-0.4, -0.2) is 10.5 Å². The highest BCUT2D eigenvalue weighted by Crippen LogP contribution is 2.33. The summed E-state index contributed by atoms with van der Waals surface area (Å²) in [6.07, 6.45) is 1.71. The highest BCUT2D eigenvalue weighted by atomic mass is 79.9. The number of hydrogen-bond acceptors (Lipinski definition) is 1. The lowest BCUT2D eigenvalue weighted by atomic mass is 9.99. The largest absolute Gasteiger partial charge is 0.255 e. The number of benzene rings is 3. The molecule has 1 atom stereocenters. The first-order chi connectivity index (χ1) is 10.7. The van der Waals surface area contributed by atoms with E-state index in [4.69, 9.17) is 0 Å². The van der Waals surface area contributed by atoms with Gasteiger partial charge >= 0.3 is 0 Å². The van der Waals surface area contributed by atoms with Crippen LogP contribution in [0.15, 0.2) is 82.2 Å². The van der Waals surface area contributed by atoms with Crippen LogP contribution < -0.4 is 0 Å². The summed E-state index contributed by atoms with van der Waals surface area (Å²) in [4.78, 5) is 0.840. The van der Waals surface area contributed by atoms with Gasteiger partial charge in [-0.25, -0.2) is 0 Å². The van der Waals surface area contributed by atoms with E-state index >= 15 is 0 Å². The molecule has 0 spiro atoms. The van der Waals surface area contributed by atoms with Gasteiger partial charge in [-0.3, -0.25) is 4.21 Å². The summed E-state index contributed by atoms with van der Waals surface area (Å²) in [6.45, 7) is 0.